The molecule has 1 aromatic heterocycles. The summed E-state index contributed by atoms with van der Waals surface area (Å²) in [4.78, 5) is 13.6. The van der Waals surface area contributed by atoms with Crippen LogP contribution in [0.2, 0.25) is 0 Å². The molecule has 1 unspecified atom stereocenters. The largest absolute Gasteiger partial charge is 0.478 e. The minimum atomic E-state index is -0.863. The van der Waals surface area contributed by atoms with E-state index in [-0.39, 0.29) is 0 Å². The summed E-state index contributed by atoms with van der Waals surface area (Å²) < 4.78 is 0. The molecule has 0 bridgehead atoms. The zero-order chi connectivity index (χ0) is 17.9. The van der Waals surface area contributed by atoms with E-state index in [0.717, 1.165) is 37.1 Å². The molecule has 1 fully saturated rings. The van der Waals surface area contributed by atoms with Crippen molar-refractivity contribution in [3.8, 4) is 0 Å². The maximum absolute atomic E-state index is 11.2. The first-order chi connectivity index (χ1) is 12.7. The molecule has 1 atom stereocenters. The first kappa shape index (κ1) is 16.8. The Morgan fingerprint density at radius 2 is 2.15 bits per heavy atom. The van der Waals surface area contributed by atoms with Crippen LogP contribution in [0, 0.1) is 5.92 Å². The molecular formula is C21H23N3O2. The van der Waals surface area contributed by atoms with Crippen LogP contribution >= 0.6 is 0 Å². The summed E-state index contributed by atoms with van der Waals surface area (Å²) in [5.41, 5.74) is 3.88. The quantitative estimate of drug-likeness (QED) is 0.737. The highest BCUT2D eigenvalue weighted by molar-refractivity contribution is 5.87. The van der Waals surface area contributed by atoms with Crippen molar-refractivity contribution in [2.24, 2.45) is 5.92 Å². The monoisotopic (exact) mass is 349 g/mol. The van der Waals surface area contributed by atoms with E-state index in [0.29, 0.717) is 11.5 Å². The van der Waals surface area contributed by atoms with Gasteiger partial charge < -0.3 is 5.11 Å². The Hall–Kier alpha value is -2.66. The van der Waals surface area contributed by atoms with Gasteiger partial charge in [-0.1, -0.05) is 18.2 Å². The van der Waals surface area contributed by atoms with Gasteiger partial charge in [-0.3, -0.25) is 10.00 Å². The van der Waals surface area contributed by atoms with Crippen LogP contribution in [0.25, 0.3) is 10.9 Å². The summed E-state index contributed by atoms with van der Waals surface area (Å²) in [5, 5.41) is 17.4. The number of carboxylic acid groups (broad SMARTS) is 1. The van der Waals surface area contributed by atoms with Gasteiger partial charge in [0.1, 0.15) is 0 Å². The Morgan fingerprint density at radius 3 is 3.04 bits per heavy atom. The summed E-state index contributed by atoms with van der Waals surface area (Å²) >= 11 is 0. The van der Waals surface area contributed by atoms with Crippen LogP contribution in [0.3, 0.4) is 0 Å². The molecule has 134 valence electrons. The second-order valence-corrected chi connectivity index (χ2v) is 7.24. The van der Waals surface area contributed by atoms with E-state index in [1.807, 2.05) is 18.3 Å². The third-order valence-corrected chi connectivity index (χ3v) is 5.21. The molecule has 5 nitrogen and oxygen atoms in total. The van der Waals surface area contributed by atoms with Gasteiger partial charge in [-0.25, -0.2) is 4.79 Å². The number of piperidine rings is 1. The smallest absolute Gasteiger partial charge is 0.335 e. The molecule has 1 aliphatic heterocycles. The third-order valence-electron chi connectivity index (χ3n) is 5.21. The number of fused-ring (bicyclic) bond motifs is 1. The number of likely N-dealkylation sites (tertiary alicyclic amines) is 1. The van der Waals surface area contributed by atoms with Crippen molar-refractivity contribution in [1.82, 2.24) is 15.1 Å². The lowest BCUT2D eigenvalue weighted by atomic mass is 9.90. The fourth-order valence-electron chi connectivity index (χ4n) is 3.97. The van der Waals surface area contributed by atoms with Crippen molar-refractivity contribution in [2.75, 3.05) is 13.1 Å². The maximum Gasteiger partial charge on any atom is 0.335 e. The summed E-state index contributed by atoms with van der Waals surface area (Å²) in [6.45, 7) is 2.95. The molecule has 2 N–H and O–H groups in total. The number of hydrogen-bond donors (Lipinski definition) is 2. The third kappa shape index (κ3) is 3.78. The van der Waals surface area contributed by atoms with Gasteiger partial charge in [0.15, 0.2) is 0 Å². The number of rotatable bonds is 5. The Kier molecular flexibility index (Phi) is 4.71. The molecule has 1 saturated heterocycles. The minimum absolute atomic E-state index is 0.365. The number of H-pyrrole nitrogens is 1. The minimum Gasteiger partial charge on any atom is -0.478 e. The summed E-state index contributed by atoms with van der Waals surface area (Å²) in [5.74, 6) is -0.228. The number of benzene rings is 2. The van der Waals surface area contributed by atoms with Crippen molar-refractivity contribution >= 4 is 16.9 Å². The van der Waals surface area contributed by atoms with Gasteiger partial charge in [0, 0.05) is 18.5 Å². The zero-order valence-corrected chi connectivity index (χ0v) is 14.7. The number of aromatic carboxylic acids is 1. The lowest BCUT2D eigenvalue weighted by Gasteiger charge is -2.33. The van der Waals surface area contributed by atoms with Crippen molar-refractivity contribution < 1.29 is 9.90 Å². The number of hydrogen-bond acceptors (Lipinski definition) is 3. The molecule has 26 heavy (non-hydrogen) atoms. The second kappa shape index (κ2) is 7.30. The van der Waals surface area contributed by atoms with E-state index in [1.165, 1.54) is 23.8 Å². The fraction of sp³-hybridized carbons (Fsp3) is 0.333. The molecule has 3 aromatic rings. The Bertz CT molecular complexity index is 918. The van der Waals surface area contributed by atoms with Gasteiger partial charge >= 0.3 is 5.97 Å². The molecule has 0 amide bonds. The van der Waals surface area contributed by atoms with Crippen molar-refractivity contribution in [3.05, 3.63) is 65.4 Å². The average molecular weight is 349 g/mol. The van der Waals surface area contributed by atoms with Crippen LogP contribution < -0.4 is 0 Å². The van der Waals surface area contributed by atoms with Crippen LogP contribution in [-0.4, -0.2) is 39.3 Å². The molecule has 0 saturated carbocycles. The highest BCUT2D eigenvalue weighted by atomic mass is 16.4. The average Bonchev–Trinajstić information content (AvgIpc) is 3.10. The van der Waals surface area contributed by atoms with Gasteiger partial charge in [0.25, 0.3) is 0 Å². The normalized spacial score (nSPS) is 18.2. The number of carboxylic acids is 1. The van der Waals surface area contributed by atoms with Crippen LogP contribution in [0.4, 0.5) is 0 Å². The molecule has 5 heteroatoms. The zero-order valence-electron chi connectivity index (χ0n) is 14.7. The van der Waals surface area contributed by atoms with E-state index in [1.54, 1.807) is 12.1 Å². The summed E-state index contributed by atoms with van der Waals surface area (Å²) in [7, 11) is 0. The SMILES string of the molecule is O=C(O)c1cccc(CN2CCCC(Cc3ccc4[nH]ncc4c3)C2)c1. The standard InChI is InChI=1S/C21H23N3O2/c25-21(26)18-5-1-3-17(11-18)14-24-8-2-4-16(13-24)9-15-6-7-20-19(10-15)12-22-23-20/h1,3,5-7,10-12,16H,2,4,8-9,13-14H2,(H,22,23)(H,25,26). The Morgan fingerprint density at radius 1 is 1.23 bits per heavy atom. The topological polar surface area (TPSA) is 69.2 Å². The number of aromatic nitrogens is 2. The highest BCUT2D eigenvalue weighted by Gasteiger charge is 2.20. The second-order valence-electron chi connectivity index (χ2n) is 7.24. The van der Waals surface area contributed by atoms with E-state index in [2.05, 4.69) is 33.3 Å². The first-order valence-electron chi connectivity index (χ1n) is 9.14. The van der Waals surface area contributed by atoms with Gasteiger partial charge in [0.05, 0.1) is 17.3 Å². The summed E-state index contributed by atoms with van der Waals surface area (Å²) in [6.07, 6.45) is 5.39. The molecule has 2 heterocycles. The maximum atomic E-state index is 11.2. The molecule has 4 rings (SSSR count). The molecule has 0 aliphatic carbocycles. The predicted molar refractivity (Wildman–Crippen MR) is 101 cm³/mol. The van der Waals surface area contributed by atoms with Crippen molar-refractivity contribution in [1.29, 1.82) is 0 Å². The van der Waals surface area contributed by atoms with Gasteiger partial charge in [-0.2, -0.15) is 5.10 Å². The van der Waals surface area contributed by atoms with E-state index in [4.69, 9.17) is 5.11 Å². The Balaban J connectivity index is 1.40. The molecular weight excluding hydrogens is 326 g/mol. The fourth-order valence-corrected chi connectivity index (χ4v) is 3.97. The molecule has 2 aromatic carbocycles. The van der Waals surface area contributed by atoms with E-state index in [9.17, 15) is 4.79 Å². The van der Waals surface area contributed by atoms with Gasteiger partial charge in [0.2, 0.25) is 0 Å². The Labute approximate surface area is 152 Å². The summed E-state index contributed by atoms with van der Waals surface area (Å²) in [6, 6.07) is 13.8. The predicted octanol–water partition coefficient (Wildman–Crippen LogP) is 3.72. The number of aromatic amines is 1. The van der Waals surface area contributed by atoms with Crippen LogP contribution in [-0.2, 0) is 13.0 Å². The lowest BCUT2D eigenvalue weighted by Crippen LogP contribution is -2.35. The van der Waals surface area contributed by atoms with E-state index >= 15 is 0 Å². The molecule has 1 aliphatic rings. The van der Waals surface area contributed by atoms with Crippen LogP contribution in [0.15, 0.2) is 48.7 Å². The van der Waals surface area contributed by atoms with Crippen LogP contribution in [0.1, 0.15) is 34.3 Å². The molecule has 0 spiro atoms. The lowest BCUT2D eigenvalue weighted by molar-refractivity contribution is 0.0696. The number of nitrogens with one attached hydrogen (secondary N) is 1. The molecule has 0 radical (unpaired) electrons. The first-order valence-corrected chi connectivity index (χ1v) is 9.14. The van der Waals surface area contributed by atoms with Crippen molar-refractivity contribution in [3.63, 3.8) is 0 Å². The highest BCUT2D eigenvalue weighted by Crippen LogP contribution is 2.24. The van der Waals surface area contributed by atoms with Crippen LogP contribution in [0.5, 0.6) is 0 Å². The van der Waals surface area contributed by atoms with Gasteiger partial charge in [-0.05, 0) is 67.1 Å². The van der Waals surface area contributed by atoms with Gasteiger partial charge in [-0.15, -0.1) is 0 Å². The number of carbonyl (C=O) groups is 1. The van der Waals surface area contributed by atoms with E-state index < -0.39 is 5.97 Å². The number of nitrogens with zero attached hydrogens (tertiary/aromatic N) is 2. The van der Waals surface area contributed by atoms with Crippen molar-refractivity contribution in [2.45, 2.75) is 25.8 Å².